The van der Waals surface area contributed by atoms with E-state index in [-0.39, 0.29) is 30.7 Å². The van der Waals surface area contributed by atoms with Crippen LogP contribution in [0.1, 0.15) is 65.1 Å². The van der Waals surface area contributed by atoms with Gasteiger partial charge in [-0.1, -0.05) is 61.3 Å². The third kappa shape index (κ3) is 5.86. The fourth-order valence-corrected chi connectivity index (χ4v) is 5.55. The lowest BCUT2D eigenvalue weighted by atomic mass is 9.75. The van der Waals surface area contributed by atoms with Crippen molar-refractivity contribution in [3.8, 4) is 5.75 Å². The number of rotatable bonds is 11. The van der Waals surface area contributed by atoms with Crippen LogP contribution in [0.2, 0.25) is 5.02 Å². The zero-order chi connectivity index (χ0) is 27.2. The van der Waals surface area contributed by atoms with Gasteiger partial charge in [-0.25, -0.2) is 0 Å². The number of carbonyl (C=O) groups excluding carboxylic acids is 1. The van der Waals surface area contributed by atoms with Crippen LogP contribution in [-0.2, 0) is 11.8 Å². The number of hydrogen-bond acceptors (Lipinski definition) is 3. The summed E-state index contributed by atoms with van der Waals surface area (Å²) in [5.41, 5.74) is 5.02. The van der Waals surface area contributed by atoms with E-state index in [1.165, 1.54) is 11.1 Å². The molecule has 0 saturated heterocycles. The van der Waals surface area contributed by atoms with Gasteiger partial charge in [-0.2, -0.15) is 0 Å². The van der Waals surface area contributed by atoms with Gasteiger partial charge in [-0.15, -0.1) is 0 Å². The lowest BCUT2D eigenvalue weighted by Gasteiger charge is -2.28. The number of nitrogens with zero attached hydrogens (tertiary/aromatic N) is 1. The van der Waals surface area contributed by atoms with Crippen molar-refractivity contribution in [1.82, 2.24) is 9.88 Å². The van der Waals surface area contributed by atoms with Gasteiger partial charge in [-0.05, 0) is 59.4 Å². The SMILES string of the molecule is CCCC(c1ccc(C(=O)NCCC(=O)O)cc1)C(c1ccc(OC)cc1)c1cn(C)c2c(Cl)cccc12. The number of para-hydroxylation sites is 1. The summed E-state index contributed by atoms with van der Waals surface area (Å²) in [6, 6.07) is 21.9. The van der Waals surface area contributed by atoms with E-state index in [0.29, 0.717) is 5.56 Å². The van der Waals surface area contributed by atoms with Gasteiger partial charge in [-0.3, -0.25) is 9.59 Å². The number of carboxylic acid groups (broad SMARTS) is 1. The largest absolute Gasteiger partial charge is 0.497 e. The Labute approximate surface area is 228 Å². The van der Waals surface area contributed by atoms with Crippen LogP contribution in [0, 0.1) is 0 Å². The lowest BCUT2D eigenvalue weighted by Crippen LogP contribution is -2.26. The summed E-state index contributed by atoms with van der Waals surface area (Å²) >= 11 is 6.62. The van der Waals surface area contributed by atoms with Gasteiger partial charge in [0.1, 0.15) is 5.75 Å². The monoisotopic (exact) mass is 532 g/mol. The quantitative estimate of drug-likeness (QED) is 0.223. The highest BCUT2D eigenvalue weighted by Crippen LogP contribution is 2.45. The van der Waals surface area contributed by atoms with Gasteiger partial charge >= 0.3 is 5.97 Å². The highest BCUT2D eigenvalue weighted by atomic mass is 35.5. The maximum absolute atomic E-state index is 12.5. The first-order valence-electron chi connectivity index (χ1n) is 12.8. The van der Waals surface area contributed by atoms with Gasteiger partial charge in [0.2, 0.25) is 0 Å². The van der Waals surface area contributed by atoms with Gasteiger partial charge in [0.15, 0.2) is 0 Å². The second kappa shape index (κ2) is 12.2. The predicted octanol–water partition coefficient (Wildman–Crippen LogP) is 6.76. The molecule has 0 saturated carbocycles. The Hall–Kier alpha value is -3.77. The summed E-state index contributed by atoms with van der Waals surface area (Å²) < 4.78 is 7.52. The second-order valence-corrected chi connectivity index (χ2v) is 9.91. The summed E-state index contributed by atoms with van der Waals surface area (Å²) in [6.07, 6.45) is 4.00. The van der Waals surface area contributed by atoms with E-state index in [0.717, 1.165) is 40.1 Å². The summed E-state index contributed by atoms with van der Waals surface area (Å²) in [5.74, 6) is -0.235. The summed E-state index contributed by atoms with van der Waals surface area (Å²) in [7, 11) is 3.69. The number of carbonyl (C=O) groups is 2. The fourth-order valence-electron chi connectivity index (χ4n) is 5.24. The summed E-state index contributed by atoms with van der Waals surface area (Å²) in [4.78, 5) is 23.3. The first-order chi connectivity index (χ1) is 18.3. The van der Waals surface area contributed by atoms with Crippen LogP contribution in [0.4, 0.5) is 0 Å². The molecule has 0 bridgehead atoms. The highest BCUT2D eigenvalue weighted by Gasteiger charge is 2.29. The number of aliphatic carboxylic acids is 1. The van der Waals surface area contributed by atoms with Crippen LogP contribution in [0.15, 0.2) is 72.9 Å². The molecule has 1 aromatic heterocycles. The number of methoxy groups -OCH3 is 1. The smallest absolute Gasteiger partial charge is 0.305 e. The Morgan fingerprint density at radius 3 is 2.34 bits per heavy atom. The average Bonchev–Trinajstić information content (AvgIpc) is 3.25. The van der Waals surface area contributed by atoms with E-state index in [2.05, 4.69) is 41.2 Å². The minimum Gasteiger partial charge on any atom is -0.497 e. The van der Waals surface area contributed by atoms with E-state index < -0.39 is 5.97 Å². The third-order valence-corrected chi connectivity index (χ3v) is 7.33. The molecule has 6 nitrogen and oxygen atoms in total. The second-order valence-electron chi connectivity index (χ2n) is 9.50. The number of benzene rings is 3. The average molecular weight is 533 g/mol. The van der Waals surface area contributed by atoms with Crippen molar-refractivity contribution in [3.05, 3.63) is 100 Å². The highest BCUT2D eigenvalue weighted by molar-refractivity contribution is 6.35. The molecule has 4 aromatic rings. The van der Waals surface area contributed by atoms with Crippen molar-refractivity contribution < 1.29 is 19.4 Å². The molecule has 0 aliphatic rings. The van der Waals surface area contributed by atoms with Crippen LogP contribution in [0.5, 0.6) is 5.75 Å². The van der Waals surface area contributed by atoms with E-state index >= 15 is 0 Å². The van der Waals surface area contributed by atoms with Crippen molar-refractivity contribution in [2.45, 2.75) is 38.0 Å². The number of carboxylic acids is 1. The van der Waals surface area contributed by atoms with Crippen molar-refractivity contribution in [2.75, 3.05) is 13.7 Å². The number of aromatic nitrogens is 1. The molecule has 0 aliphatic heterocycles. The Morgan fingerprint density at radius 1 is 1.03 bits per heavy atom. The minimum atomic E-state index is -0.942. The van der Waals surface area contributed by atoms with E-state index in [4.69, 9.17) is 21.4 Å². The molecule has 7 heteroatoms. The van der Waals surface area contributed by atoms with E-state index in [1.807, 2.05) is 55.6 Å². The zero-order valence-corrected chi connectivity index (χ0v) is 22.7. The molecule has 38 heavy (non-hydrogen) atoms. The Morgan fingerprint density at radius 2 is 1.71 bits per heavy atom. The topological polar surface area (TPSA) is 80.6 Å². The van der Waals surface area contributed by atoms with E-state index in [9.17, 15) is 9.59 Å². The third-order valence-electron chi connectivity index (χ3n) is 7.02. The molecule has 1 amide bonds. The molecule has 3 aromatic carbocycles. The van der Waals surface area contributed by atoms with Crippen LogP contribution >= 0.6 is 11.6 Å². The van der Waals surface area contributed by atoms with Crippen LogP contribution in [0.3, 0.4) is 0 Å². The molecule has 2 N–H and O–H groups in total. The molecule has 2 atom stereocenters. The zero-order valence-electron chi connectivity index (χ0n) is 21.9. The number of amides is 1. The maximum Gasteiger partial charge on any atom is 0.305 e. The molecule has 4 rings (SSSR count). The normalized spacial score (nSPS) is 12.7. The number of hydrogen-bond donors (Lipinski definition) is 2. The van der Waals surface area contributed by atoms with E-state index in [1.54, 1.807) is 7.11 Å². The first-order valence-corrected chi connectivity index (χ1v) is 13.2. The summed E-state index contributed by atoms with van der Waals surface area (Å²) in [6.45, 7) is 2.28. The van der Waals surface area contributed by atoms with Crippen molar-refractivity contribution >= 4 is 34.4 Å². The number of aryl methyl sites for hydroxylation is 1. The molecule has 0 spiro atoms. The molecule has 198 valence electrons. The molecular weight excluding hydrogens is 500 g/mol. The van der Waals surface area contributed by atoms with Gasteiger partial charge in [0.25, 0.3) is 5.91 Å². The van der Waals surface area contributed by atoms with Crippen molar-refractivity contribution in [2.24, 2.45) is 7.05 Å². The van der Waals surface area contributed by atoms with Crippen molar-refractivity contribution in [3.63, 3.8) is 0 Å². The number of halogens is 1. The minimum absolute atomic E-state index is 0.0401. The summed E-state index contributed by atoms with van der Waals surface area (Å²) in [5, 5.41) is 13.3. The number of ether oxygens (including phenoxy) is 1. The first kappa shape index (κ1) is 27.3. The molecular formula is C31H33ClN2O4. The van der Waals surface area contributed by atoms with Gasteiger partial charge in [0.05, 0.1) is 24.1 Å². The predicted molar refractivity (Wildman–Crippen MR) is 151 cm³/mol. The van der Waals surface area contributed by atoms with Crippen molar-refractivity contribution in [1.29, 1.82) is 0 Å². The fraction of sp³-hybridized carbons (Fsp3) is 0.290. The molecule has 0 fully saturated rings. The Bertz CT molecular complexity index is 1410. The standard InChI is InChI=1S/C31H33ClN2O4/c1-4-6-24(20-9-11-22(12-10-20)31(37)33-18-17-28(35)36)29(21-13-15-23(38-3)16-14-21)26-19-34(2)30-25(26)7-5-8-27(30)32/h5,7-16,19,24,29H,4,6,17-18H2,1-3H3,(H,33,37)(H,35,36). The molecule has 0 radical (unpaired) electrons. The molecule has 1 heterocycles. The number of nitrogens with one attached hydrogen (secondary N) is 1. The number of fused-ring (bicyclic) bond motifs is 1. The van der Waals surface area contributed by atoms with Crippen LogP contribution < -0.4 is 10.1 Å². The Kier molecular flexibility index (Phi) is 8.74. The van der Waals surface area contributed by atoms with Gasteiger partial charge in [0, 0.05) is 36.7 Å². The Balaban J connectivity index is 1.77. The van der Waals surface area contributed by atoms with Crippen LogP contribution in [-0.4, -0.2) is 35.2 Å². The van der Waals surface area contributed by atoms with Crippen LogP contribution in [0.25, 0.3) is 10.9 Å². The lowest BCUT2D eigenvalue weighted by molar-refractivity contribution is -0.136. The van der Waals surface area contributed by atoms with Gasteiger partial charge < -0.3 is 19.7 Å². The molecule has 2 unspecified atom stereocenters. The molecule has 0 aliphatic carbocycles. The maximum atomic E-state index is 12.5.